The molecule has 0 bridgehead atoms. The largest absolute Gasteiger partial charge is 0.376 e. The van der Waals surface area contributed by atoms with Crippen molar-refractivity contribution in [3.05, 3.63) is 12.2 Å². The van der Waals surface area contributed by atoms with E-state index in [1.54, 1.807) is 0 Å². The fourth-order valence-electron chi connectivity index (χ4n) is 3.57. The maximum atomic E-state index is 5.53. The summed E-state index contributed by atoms with van der Waals surface area (Å²) < 4.78 is 5.53. The molecule has 1 aliphatic rings. The van der Waals surface area contributed by atoms with Crippen LogP contribution >= 0.6 is 0 Å². The molecule has 0 spiro atoms. The van der Waals surface area contributed by atoms with Crippen molar-refractivity contribution < 1.29 is 4.74 Å². The Morgan fingerprint density at radius 1 is 1.22 bits per heavy atom. The van der Waals surface area contributed by atoms with Crippen LogP contribution in [0.2, 0.25) is 0 Å². The average molecular weight is 253 g/mol. The van der Waals surface area contributed by atoms with Gasteiger partial charge in [0, 0.05) is 12.6 Å². The normalized spacial score (nSPS) is 22.9. The zero-order valence-corrected chi connectivity index (χ0v) is 12.9. The van der Waals surface area contributed by atoms with Crippen LogP contribution in [0.15, 0.2) is 12.2 Å². The molecule has 0 radical (unpaired) electrons. The first-order chi connectivity index (χ1) is 8.20. The molecule has 0 aromatic rings. The summed E-state index contributed by atoms with van der Waals surface area (Å²) in [6.45, 7) is 17.8. The molecule has 1 aliphatic carbocycles. The smallest absolute Gasteiger partial charge is 0.0672 e. The van der Waals surface area contributed by atoms with Crippen LogP contribution < -0.4 is 5.32 Å². The van der Waals surface area contributed by atoms with Crippen LogP contribution in [-0.2, 0) is 4.74 Å². The van der Waals surface area contributed by atoms with E-state index in [0.717, 1.165) is 18.7 Å². The van der Waals surface area contributed by atoms with Gasteiger partial charge in [-0.1, -0.05) is 39.8 Å². The van der Waals surface area contributed by atoms with Crippen LogP contribution in [0.4, 0.5) is 0 Å². The third-order valence-electron chi connectivity index (χ3n) is 3.58. The molecule has 1 N–H and O–H groups in total. The Balaban J connectivity index is 2.27. The van der Waals surface area contributed by atoms with E-state index in [2.05, 4.69) is 39.6 Å². The quantitative estimate of drug-likeness (QED) is 0.574. The standard InChI is InChI=1S/C16H31NO/c1-13(2)11-18-8-7-17-14-9-15(3,4)12-16(5,6)10-14/h14,17H,1,7-12H2,2-6H3. The van der Waals surface area contributed by atoms with Gasteiger partial charge in [-0.05, 0) is 37.0 Å². The van der Waals surface area contributed by atoms with Crippen LogP contribution in [0, 0.1) is 10.8 Å². The van der Waals surface area contributed by atoms with Gasteiger partial charge in [0.2, 0.25) is 0 Å². The summed E-state index contributed by atoms with van der Waals surface area (Å²) in [5.74, 6) is 0. The Bertz CT molecular complexity index is 265. The van der Waals surface area contributed by atoms with Gasteiger partial charge in [0.15, 0.2) is 0 Å². The molecule has 0 aliphatic heterocycles. The fraction of sp³-hybridized carbons (Fsp3) is 0.875. The van der Waals surface area contributed by atoms with Crippen LogP contribution in [0.25, 0.3) is 0 Å². The molecule has 0 heterocycles. The summed E-state index contributed by atoms with van der Waals surface area (Å²) >= 11 is 0. The second kappa shape index (κ2) is 6.21. The van der Waals surface area contributed by atoms with Gasteiger partial charge >= 0.3 is 0 Å². The zero-order chi connectivity index (χ0) is 13.8. The lowest BCUT2D eigenvalue weighted by atomic mass is 9.63. The van der Waals surface area contributed by atoms with Crippen molar-refractivity contribution in [1.29, 1.82) is 0 Å². The molecule has 1 rings (SSSR count). The maximum Gasteiger partial charge on any atom is 0.0672 e. The predicted molar refractivity (Wildman–Crippen MR) is 78.8 cm³/mol. The van der Waals surface area contributed by atoms with Crippen molar-refractivity contribution in [1.82, 2.24) is 5.32 Å². The molecule has 0 unspecified atom stereocenters. The highest BCUT2D eigenvalue weighted by Gasteiger charge is 2.37. The number of nitrogens with one attached hydrogen (secondary N) is 1. The van der Waals surface area contributed by atoms with Gasteiger partial charge < -0.3 is 10.1 Å². The van der Waals surface area contributed by atoms with E-state index in [1.165, 1.54) is 19.3 Å². The van der Waals surface area contributed by atoms with E-state index < -0.39 is 0 Å². The van der Waals surface area contributed by atoms with Crippen molar-refractivity contribution in [2.24, 2.45) is 10.8 Å². The Labute approximate surface area is 113 Å². The van der Waals surface area contributed by atoms with E-state index in [4.69, 9.17) is 4.74 Å². The summed E-state index contributed by atoms with van der Waals surface area (Å²) in [6, 6.07) is 0.636. The van der Waals surface area contributed by atoms with Gasteiger partial charge in [0.25, 0.3) is 0 Å². The van der Waals surface area contributed by atoms with Gasteiger partial charge in [0.1, 0.15) is 0 Å². The van der Waals surface area contributed by atoms with E-state index in [0.29, 0.717) is 23.5 Å². The Morgan fingerprint density at radius 2 is 1.78 bits per heavy atom. The molecule has 0 aromatic carbocycles. The monoisotopic (exact) mass is 253 g/mol. The van der Waals surface area contributed by atoms with Crippen molar-refractivity contribution >= 4 is 0 Å². The number of hydrogen-bond donors (Lipinski definition) is 1. The van der Waals surface area contributed by atoms with Gasteiger partial charge in [-0.25, -0.2) is 0 Å². The maximum absolute atomic E-state index is 5.53. The molecule has 2 nitrogen and oxygen atoms in total. The Morgan fingerprint density at radius 3 is 2.28 bits per heavy atom. The zero-order valence-electron chi connectivity index (χ0n) is 12.9. The molecule has 1 saturated carbocycles. The molecule has 0 atom stereocenters. The van der Waals surface area contributed by atoms with Gasteiger partial charge in [0.05, 0.1) is 13.2 Å². The highest BCUT2D eigenvalue weighted by atomic mass is 16.5. The minimum absolute atomic E-state index is 0.456. The molecule has 106 valence electrons. The van der Waals surface area contributed by atoms with E-state index >= 15 is 0 Å². The van der Waals surface area contributed by atoms with Crippen LogP contribution in [0.1, 0.15) is 53.9 Å². The molecular formula is C16H31NO. The molecule has 0 amide bonds. The number of hydrogen-bond acceptors (Lipinski definition) is 2. The highest BCUT2D eigenvalue weighted by molar-refractivity contribution is 4.92. The number of rotatable bonds is 6. The first-order valence-electron chi connectivity index (χ1n) is 7.16. The van der Waals surface area contributed by atoms with Crippen molar-refractivity contribution in [3.63, 3.8) is 0 Å². The van der Waals surface area contributed by atoms with E-state index in [9.17, 15) is 0 Å². The first kappa shape index (κ1) is 15.7. The summed E-state index contributed by atoms with van der Waals surface area (Å²) in [5.41, 5.74) is 2.01. The van der Waals surface area contributed by atoms with Crippen molar-refractivity contribution in [2.75, 3.05) is 19.8 Å². The van der Waals surface area contributed by atoms with E-state index in [-0.39, 0.29) is 0 Å². The third kappa shape index (κ3) is 6.01. The molecular weight excluding hydrogens is 222 g/mol. The minimum atomic E-state index is 0.456. The minimum Gasteiger partial charge on any atom is -0.376 e. The first-order valence-corrected chi connectivity index (χ1v) is 7.16. The fourth-order valence-corrected chi connectivity index (χ4v) is 3.57. The van der Waals surface area contributed by atoms with Gasteiger partial charge in [-0.2, -0.15) is 0 Å². The summed E-state index contributed by atoms with van der Waals surface area (Å²) in [5, 5.41) is 3.65. The summed E-state index contributed by atoms with van der Waals surface area (Å²) in [4.78, 5) is 0. The van der Waals surface area contributed by atoms with E-state index in [1.807, 2.05) is 6.92 Å². The molecule has 2 heteroatoms. The van der Waals surface area contributed by atoms with Crippen LogP contribution in [-0.4, -0.2) is 25.8 Å². The van der Waals surface area contributed by atoms with Crippen LogP contribution in [0.3, 0.4) is 0 Å². The lowest BCUT2D eigenvalue weighted by Crippen LogP contribution is -2.44. The predicted octanol–water partition coefficient (Wildman–Crippen LogP) is 3.77. The second-order valence-corrected chi connectivity index (χ2v) is 7.57. The lowest BCUT2D eigenvalue weighted by molar-refractivity contribution is 0.0788. The SMILES string of the molecule is C=C(C)COCCNC1CC(C)(C)CC(C)(C)C1. The highest BCUT2D eigenvalue weighted by Crippen LogP contribution is 2.45. The topological polar surface area (TPSA) is 21.3 Å². The molecule has 1 fully saturated rings. The molecule has 0 saturated heterocycles. The average Bonchev–Trinajstić information content (AvgIpc) is 2.11. The van der Waals surface area contributed by atoms with Gasteiger partial charge in [-0.15, -0.1) is 0 Å². The van der Waals surface area contributed by atoms with Crippen molar-refractivity contribution in [3.8, 4) is 0 Å². The third-order valence-corrected chi connectivity index (χ3v) is 3.58. The van der Waals surface area contributed by atoms with Crippen LogP contribution in [0.5, 0.6) is 0 Å². The second-order valence-electron chi connectivity index (χ2n) is 7.57. The summed E-state index contributed by atoms with van der Waals surface area (Å²) in [6.07, 6.45) is 3.87. The molecule has 18 heavy (non-hydrogen) atoms. The lowest BCUT2D eigenvalue weighted by Gasteiger charge is -2.45. The number of ether oxygens (including phenoxy) is 1. The Hall–Kier alpha value is -0.340. The van der Waals surface area contributed by atoms with Gasteiger partial charge in [-0.3, -0.25) is 0 Å². The molecule has 0 aromatic heterocycles. The van der Waals surface area contributed by atoms with Crippen molar-refractivity contribution in [2.45, 2.75) is 59.9 Å². The summed E-state index contributed by atoms with van der Waals surface area (Å²) in [7, 11) is 0. The Kier molecular flexibility index (Phi) is 5.42.